The highest BCUT2D eigenvalue weighted by atomic mass is 15.2. The Balaban J connectivity index is 2.12. The van der Waals surface area contributed by atoms with Crippen molar-refractivity contribution in [3.63, 3.8) is 0 Å². The first-order valence-electron chi connectivity index (χ1n) is 3.55. The molecule has 2 heterocycles. The predicted octanol–water partition coefficient (Wildman–Crippen LogP) is 0.229. The number of hydrogen-bond donors (Lipinski definition) is 2. The Hall–Kier alpha value is -0.900. The van der Waals surface area contributed by atoms with Crippen molar-refractivity contribution >= 4 is 0 Å². The van der Waals surface area contributed by atoms with Gasteiger partial charge in [-0.1, -0.05) is 0 Å². The minimum absolute atomic E-state index is 0.419. The van der Waals surface area contributed by atoms with E-state index in [1.54, 1.807) is 6.33 Å². The minimum atomic E-state index is 0.419. The van der Waals surface area contributed by atoms with Crippen molar-refractivity contribution in [1.82, 2.24) is 20.5 Å². The van der Waals surface area contributed by atoms with Crippen LogP contribution in [0.25, 0.3) is 0 Å². The summed E-state index contributed by atoms with van der Waals surface area (Å²) < 4.78 is 0. The molecule has 1 aromatic rings. The molecule has 1 saturated heterocycles. The number of nitrogens with zero attached hydrogens (tertiary/aromatic N) is 2. The number of hydrogen-bond acceptors (Lipinski definition) is 3. The summed E-state index contributed by atoms with van der Waals surface area (Å²) in [7, 11) is 0. The van der Waals surface area contributed by atoms with Gasteiger partial charge in [-0.15, -0.1) is 0 Å². The normalized spacial score (nSPS) is 25.4. The molecule has 0 aromatic carbocycles. The van der Waals surface area contributed by atoms with Crippen molar-refractivity contribution in [2.45, 2.75) is 18.9 Å². The molecule has 0 amide bonds. The molecule has 1 aromatic heterocycles. The topological polar surface area (TPSA) is 53.6 Å². The standard InChI is InChI=1S/C6H10N4/c1-2-5(7-3-1)6-8-4-9-10-6/h4-5,7H,1-3H2,(H,8,9,10)/t5-/m1/s1. The Morgan fingerprint density at radius 2 is 2.60 bits per heavy atom. The monoisotopic (exact) mass is 138 g/mol. The molecule has 54 valence electrons. The molecular weight excluding hydrogens is 128 g/mol. The van der Waals surface area contributed by atoms with Gasteiger partial charge in [-0.3, -0.25) is 5.10 Å². The van der Waals surface area contributed by atoms with Gasteiger partial charge in [0, 0.05) is 0 Å². The second kappa shape index (κ2) is 2.38. The summed E-state index contributed by atoms with van der Waals surface area (Å²) in [4.78, 5) is 4.07. The van der Waals surface area contributed by atoms with E-state index in [-0.39, 0.29) is 0 Å². The molecule has 2 rings (SSSR count). The van der Waals surface area contributed by atoms with Crippen LogP contribution < -0.4 is 5.32 Å². The van der Waals surface area contributed by atoms with Crippen LogP contribution in [0.15, 0.2) is 6.33 Å². The quantitative estimate of drug-likeness (QED) is 0.584. The van der Waals surface area contributed by atoms with Gasteiger partial charge in [-0.05, 0) is 19.4 Å². The molecule has 4 nitrogen and oxygen atoms in total. The van der Waals surface area contributed by atoms with Gasteiger partial charge >= 0.3 is 0 Å². The first-order chi connectivity index (χ1) is 4.97. The number of aromatic nitrogens is 3. The van der Waals surface area contributed by atoms with E-state index in [1.807, 2.05) is 0 Å². The second-order valence-corrected chi connectivity index (χ2v) is 2.52. The highest BCUT2D eigenvalue weighted by Crippen LogP contribution is 2.18. The fourth-order valence-electron chi connectivity index (χ4n) is 1.30. The Morgan fingerprint density at radius 3 is 3.20 bits per heavy atom. The van der Waals surface area contributed by atoms with E-state index in [9.17, 15) is 0 Å². The molecule has 1 atom stereocenters. The average molecular weight is 138 g/mol. The van der Waals surface area contributed by atoms with Crippen molar-refractivity contribution in [3.05, 3.63) is 12.2 Å². The maximum Gasteiger partial charge on any atom is 0.141 e. The minimum Gasteiger partial charge on any atom is -0.307 e. The van der Waals surface area contributed by atoms with Gasteiger partial charge < -0.3 is 5.32 Å². The molecule has 1 aliphatic heterocycles. The summed E-state index contributed by atoms with van der Waals surface area (Å²) in [6.07, 6.45) is 3.97. The van der Waals surface area contributed by atoms with Gasteiger partial charge in [-0.25, -0.2) is 4.98 Å². The number of H-pyrrole nitrogens is 1. The van der Waals surface area contributed by atoms with Crippen molar-refractivity contribution in [2.24, 2.45) is 0 Å². The lowest BCUT2D eigenvalue weighted by Crippen LogP contribution is -2.14. The predicted molar refractivity (Wildman–Crippen MR) is 36.4 cm³/mol. The molecule has 0 spiro atoms. The van der Waals surface area contributed by atoms with E-state index in [0.717, 1.165) is 12.4 Å². The number of aromatic amines is 1. The molecule has 4 heteroatoms. The maximum atomic E-state index is 4.07. The first-order valence-corrected chi connectivity index (χ1v) is 3.55. The summed E-state index contributed by atoms with van der Waals surface area (Å²) in [6, 6.07) is 0.419. The summed E-state index contributed by atoms with van der Waals surface area (Å²) in [5.41, 5.74) is 0. The zero-order chi connectivity index (χ0) is 6.81. The number of rotatable bonds is 1. The first kappa shape index (κ1) is 5.85. The lowest BCUT2D eigenvalue weighted by Gasteiger charge is -2.03. The third-order valence-corrected chi connectivity index (χ3v) is 1.82. The molecule has 10 heavy (non-hydrogen) atoms. The van der Waals surface area contributed by atoms with Crippen LogP contribution in [0.5, 0.6) is 0 Å². The highest BCUT2D eigenvalue weighted by Gasteiger charge is 2.17. The van der Waals surface area contributed by atoms with Crippen molar-refractivity contribution in [1.29, 1.82) is 0 Å². The molecule has 1 fully saturated rings. The SMILES string of the molecule is c1n[nH]c([C@H]2CCCN2)n1. The van der Waals surface area contributed by atoms with E-state index in [1.165, 1.54) is 12.8 Å². The Morgan fingerprint density at radius 1 is 1.60 bits per heavy atom. The maximum absolute atomic E-state index is 4.07. The van der Waals surface area contributed by atoms with Crippen LogP contribution in [0.2, 0.25) is 0 Å². The van der Waals surface area contributed by atoms with Gasteiger partial charge in [0.2, 0.25) is 0 Å². The molecule has 1 aliphatic rings. The lowest BCUT2D eigenvalue weighted by atomic mass is 10.2. The summed E-state index contributed by atoms with van der Waals surface area (Å²) in [5.74, 6) is 0.970. The Bertz CT molecular complexity index is 188. The van der Waals surface area contributed by atoms with E-state index in [0.29, 0.717) is 6.04 Å². The van der Waals surface area contributed by atoms with Crippen molar-refractivity contribution in [3.8, 4) is 0 Å². The summed E-state index contributed by atoms with van der Waals surface area (Å²) in [5, 5.41) is 9.97. The van der Waals surface area contributed by atoms with Gasteiger partial charge in [0.05, 0.1) is 6.04 Å². The lowest BCUT2D eigenvalue weighted by molar-refractivity contribution is 0.608. The smallest absolute Gasteiger partial charge is 0.141 e. The van der Waals surface area contributed by atoms with E-state index >= 15 is 0 Å². The van der Waals surface area contributed by atoms with Crippen LogP contribution in [0.1, 0.15) is 24.7 Å². The van der Waals surface area contributed by atoms with Crippen LogP contribution >= 0.6 is 0 Å². The molecule has 0 unspecified atom stereocenters. The van der Waals surface area contributed by atoms with Crippen LogP contribution in [-0.2, 0) is 0 Å². The van der Waals surface area contributed by atoms with Crippen molar-refractivity contribution < 1.29 is 0 Å². The van der Waals surface area contributed by atoms with Gasteiger partial charge in [0.15, 0.2) is 0 Å². The van der Waals surface area contributed by atoms with Gasteiger partial charge in [0.1, 0.15) is 12.2 Å². The van der Waals surface area contributed by atoms with Gasteiger partial charge in [0.25, 0.3) is 0 Å². The van der Waals surface area contributed by atoms with E-state index < -0.39 is 0 Å². The fourth-order valence-corrected chi connectivity index (χ4v) is 1.30. The van der Waals surface area contributed by atoms with Crippen LogP contribution in [0.3, 0.4) is 0 Å². The zero-order valence-electron chi connectivity index (χ0n) is 5.67. The Labute approximate surface area is 59.1 Å². The van der Waals surface area contributed by atoms with Crippen LogP contribution in [0, 0.1) is 0 Å². The van der Waals surface area contributed by atoms with Crippen LogP contribution in [-0.4, -0.2) is 21.7 Å². The second-order valence-electron chi connectivity index (χ2n) is 2.52. The molecule has 2 N–H and O–H groups in total. The Kier molecular flexibility index (Phi) is 1.39. The largest absolute Gasteiger partial charge is 0.307 e. The molecule has 0 aliphatic carbocycles. The fraction of sp³-hybridized carbons (Fsp3) is 0.667. The van der Waals surface area contributed by atoms with Crippen LogP contribution in [0.4, 0.5) is 0 Å². The highest BCUT2D eigenvalue weighted by molar-refractivity contribution is 4.93. The summed E-state index contributed by atoms with van der Waals surface area (Å²) in [6.45, 7) is 1.10. The zero-order valence-corrected chi connectivity index (χ0v) is 5.67. The molecule has 0 saturated carbocycles. The third kappa shape index (κ3) is 0.903. The number of nitrogens with one attached hydrogen (secondary N) is 2. The molecular formula is C6H10N4. The molecule has 0 bridgehead atoms. The third-order valence-electron chi connectivity index (χ3n) is 1.82. The average Bonchev–Trinajstić information content (AvgIpc) is 2.59. The van der Waals surface area contributed by atoms with Gasteiger partial charge in [-0.2, -0.15) is 5.10 Å². The van der Waals surface area contributed by atoms with Crippen molar-refractivity contribution in [2.75, 3.05) is 6.54 Å². The van der Waals surface area contributed by atoms with E-state index in [4.69, 9.17) is 0 Å². The molecule has 0 radical (unpaired) electrons. The van der Waals surface area contributed by atoms with E-state index in [2.05, 4.69) is 20.5 Å². The summed E-state index contributed by atoms with van der Waals surface area (Å²) >= 11 is 0.